The zero-order valence-corrected chi connectivity index (χ0v) is 14.3. The molecule has 0 aliphatic heterocycles. The van der Waals surface area contributed by atoms with Gasteiger partial charge in [-0.1, -0.05) is 12.1 Å². The highest BCUT2D eigenvalue weighted by Gasteiger charge is 2.44. The Bertz CT molecular complexity index is 647. The molecule has 2 aliphatic rings. The lowest BCUT2D eigenvalue weighted by Crippen LogP contribution is -2.31. The normalized spacial score (nSPS) is 27.6. The summed E-state index contributed by atoms with van der Waals surface area (Å²) in [5.74, 6) is -0.148. The van der Waals surface area contributed by atoms with Crippen molar-refractivity contribution < 1.29 is 14.6 Å². The second-order valence-corrected chi connectivity index (χ2v) is 7.26. The van der Waals surface area contributed by atoms with E-state index in [9.17, 15) is 9.90 Å². The molecule has 1 aromatic rings. The predicted octanol–water partition coefficient (Wildman–Crippen LogP) is 4.71. The fraction of sp³-hybridized carbons (Fsp3) is 0.600. The Balaban J connectivity index is 1.82. The van der Waals surface area contributed by atoms with Crippen molar-refractivity contribution in [3.05, 3.63) is 40.7 Å². The molecule has 4 nitrogen and oxygen atoms in total. The van der Waals surface area contributed by atoms with Gasteiger partial charge in [-0.05, 0) is 57.1 Å². The molecule has 24 heavy (non-hydrogen) atoms. The van der Waals surface area contributed by atoms with Crippen LogP contribution in [0.4, 0.5) is 0 Å². The Hall–Kier alpha value is -2.02. The number of aryl methyl sites for hydroxylation is 1. The predicted molar refractivity (Wildman–Crippen MR) is 91.9 cm³/mol. The van der Waals surface area contributed by atoms with Crippen LogP contribution in [-0.2, 0) is 10.3 Å². The molecule has 0 atom stereocenters. The highest BCUT2D eigenvalue weighted by atomic mass is 16.5. The molecule has 0 spiro atoms. The molecule has 4 heteroatoms. The summed E-state index contributed by atoms with van der Waals surface area (Å²) in [6.45, 7) is 9.78. The summed E-state index contributed by atoms with van der Waals surface area (Å²) in [6.07, 6.45) is 7.34. The van der Waals surface area contributed by atoms with Crippen molar-refractivity contribution in [3.63, 3.8) is 0 Å². The number of aliphatic carboxylic acids is 1. The Morgan fingerprint density at radius 1 is 1.25 bits per heavy atom. The van der Waals surface area contributed by atoms with Gasteiger partial charge in [-0.15, -0.1) is 0 Å². The summed E-state index contributed by atoms with van der Waals surface area (Å²) in [6, 6.07) is 6.10. The maximum absolute atomic E-state index is 11.2. The van der Waals surface area contributed by atoms with Crippen LogP contribution in [0.5, 0.6) is 5.75 Å². The molecule has 2 fully saturated rings. The first kappa shape index (κ1) is 16.8. The molecule has 0 heterocycles. The van der Waals surface area contributed by atoms with Gasteiger partial charge >= 0.3 is 5.97 Å². The first-order valence-electron chi connectivity index (χ1n) is 8.93. The van der Waals surface area contributed by atoms with E-state index < -0.39 is 11.5 Å². The number of hydrogen-bond acceptors (Lipinski definition) is 2. The molecule has 2 saturated carbocycles. The van der Waals surface area contributed by atoms with Crippen LogP contribution in [0.15, 0.2) is 18.2 Å². The summed E-state index contributed by atoms with van der Waals surface area (Å²) in [5, 5.41) is 9.19. The molecule has 1 aromatic carbocycles. The summed E-state index contributed by atoms with van der Waals surface area (Å²) in [5.41, 5.74) is 1.50. The van der Waals surface area contributed by atoms with E-state index in [0.717, 1.165) is 29.7 Å². The van der Waals surface area contributed by atoms with E-state index in [1.165, 1.54) is 12.8 Å². The quantitative estimate of drug-likeness (QED) is 0.815. The minimum Gasteiger partial charge on any atom is -0.490 e. The molecule has 0 saturated heterocycles. The van der Waals surface area contributed by atoms with Crippen molar-refractivity contribution in [1.82, 2.24) is 0 Å². The molecule has 0 unspecified atom stereocenters. The fourth-order valence-corrected chi connectivity index (χ4v) is 4.01. The van der Waals surface area contributed by atoms with E-state index in [0.29, 0.717) is 31.8 Å². The lowest BCUT2D eigenvalue weighted by atomic mass is 9.73. The average molecular weight is 327 g/mol. The van der Waals surface area contributed by atoms with Crippen LogP contribution >= 0.6 is 0 Å². The molecule has 0 aromatic heterocycles. The van der Waals surface area contributed by atoms with Crippen molar-refractivity contribution in [2.75, 3.05) is 0 Å². The maximum Gasteiger partial charge on any atom is 0.306 e. The minimum absolute atomic E-state index is 0.297. The van der Waals surface area contributed by atoms with Crippen LogP contribution in [0.3, 0.4) is 0 Å². The number of benzene rings is 1. The molecule has 1 N–H and O–H groups in total. The van der Waals surface area contributed by atoms with Crippen molar-refractivity contribution in [2.45, 2.75) is 69.9 Å². The number of carboxylic acid groups (broad SMARTS) is 1. The summed E-state index contributed by atoms with van der Waals surface area (Å²) in [4.78, 5) is 15.1. The van der Waals surface area contributed by atoms with Gasteiger partial charge in [0.1, 0.15) is 5.75 Å². The van der Waals surface area contributed by atoms with E-state index in [-0.39, 0.29) is 5.92 Å². The van der Waals surface area contributed by atoms with Crippen LogP contribution in [0.2, 0.25) is 0 Å². The van der Waals surface area contributed by atoms with Gasteiger partial charge in [0.05, 0.1) is 12.0 Å². The molecule has 0 bridgehead atoms. The van der Waals surface area contributed by atoms with E-state index in [4.69, 9.17) is 11.3 Å². The zero-order valence-electron chi connectivity index (χ0n) is 14.3. The monoisotopic (exact) mass is 327 g/mol. The minimum atomic E-state index is -0.734. The Morgan fingerprint density at radius 3 is 2.50 bits per heavy atom. The van der Waals surface area contributed by atoms with Crippen LogP contribution in [-0.4, -0.2) is 17.2 Å². The van der Waals surface area contributed by atoms with Crippen LogP contribution in [0.1, 0.15) is 62.5 Å². The zero-order chi connectivity index (χ0) is 17.2. The summed E-state index contributed by atoms with van der Waals surface area (Å²) >= 11 is 0. The van der Waals surface area contributed by atoms with Crippen molar-refractivity contribution in [1.29, 1.82) is 0 Å². The van der Waals surface area contributed by atoms with Gasteiger partial charge in [0, 0.05) is 18.4 Å². The van der Waals surface area contributed by atoms with E-state index >= 15 is 0 Å². The first-order chi connectivity index (χ1) is 11.5. The molecular formula is C20H25NO3. The van der Waals surface area contributed by atoms with E-state index in [2.05, 4.69) is 4.85 Å². The van der Waals surface area contributed by atoms with Gasteiger partial charge in [-0.2, -0.15) is 0 Å². The van der Waals surface area contributed by atoms with Crippen LogP contribution in [0, 0.1) is 19.4 Å². The van der Waals surface area contributed by atoms with Gasteiger partial charge in [0.25, 0.3) is 5.54 Å². The SMILES string of the molecule is [C-]#[N+][C@]1(c2ccc(C)c(OC3CCCC3)c2)CC[C@H](C(=O)O)CC1. The Labute approximate surface area is 143 Å². The number of hydrogen-bond donors (Lipinski definition) is 1. The molecule has 0 radical (unpaired) electrons. The van der Waals surface area contributed by atoms with Crippen molar-refractivity contribution >= 4 is 5.97 Å². The third-order valence-electron chi connectivity index (χ3n) is 5.70. The largest absolute Gasteiger partial charge is 0.490 e. The molecule has 2 aliphatic carbocycles. The third-order valence-corrected chi connectivity index (χ3v) is 5.70. The third kappa shape index (κ3) is 3.26. The maximum atomic E-state index is 11.2. The Morgan fingerprint density at radius 2 is 1.92 bits per heavy atom. The Kier molecular flexibility index (Phi) is 4.80. The van der Waals surface area contributed by atoms with E-state index in [1.807, 2.05) is 25.1 Å². The van der Waals surface area contributed by atoms with Gasteiger partial charge < -0.3 is 14.7 Å². The van der Waals surface area contributed by atoms with Gasteiger partial charge in [0.2, 0.25) is 0 Å². The second kappa shape index (κ2) is 6.84. The number of carbonyl (C=O) groups is 1. The smallest absolute Gasteiger partial charge is 0.306 e. The van der Waals surface area contributed by atoms with Crippen LogP contribution < -0.4 is 4.74 Å². The molecule has 128 valence electrons. The van der Waals surface area contributed by atoms with Crippen molar-refractivity contribution in [3.8, 4) is 5.75 Å². The second-order valence-electron chi connectivity index (χ2n) is 7.26. The molecule has 0 amide bonds. The lowest BCUT2D eigenvalue weighted by Gasteiger charge is -2.30. The molecule has 3 rings (SSSR count). The highest BCUT2D eigenvalue weighted by molar-refractivity contribution is 5.70. The average Bonchev–Trinajstić information content (AvgIpc) is 3.10. The fourth-order valence-electron chi connectivity index (χ4n) is 4.01. The number of carboxylic acids is 1. The first-order valence-corrected chi connectivity index (χ1v) is 8.93. The van der Waals surface area contributed by atoms with Gasteiger partial charge in [0.15, 0.2) is 0 Å². The van der Waals surface area contributed by atoms with Gasteiger partial charge in [-0.3, -0.25) is 4.79 Å². The summed E-state index contributed by atoms with van der Waals surface area (Å²) < 4.78 is 6.19. The van der Waals surface area contributed by atoms with Crippen molar-refractivity contribution in [2.24, 2.45) is 5.92 Å². The van der Waals surface area contributed by atoms with Crippen LogP contribution in [0.25, 0.3) is 4.85 Å². The number of ether oxygens (including phenoxy) is 1. The topological polar surface area (TPSA) is 50.9 Å². The molecular weight excluding hydrogens is 302 g/mol. The summed E-state index contributed by atoms with van der Waals surface area (Å²) in [7, 11) is 0. The standard InChI is InChI=1S/C20H25NO3/c1-14-7-8-16(13-18(14)24-17-5-3-4-6-17)20(21-2)11-9-15(10-12-20)19(22)23/h7-8,13,15,17H,3-6,9-12H2,1H3,(H,22,23)/t15-,20+. The highest BCUT2D eigenvalue weighted by Crippen LogP contribution is 2.44. The van der Waals surface area contributed by atoms with Gasteiger partial charge in [-0.25, -0.2) is 6.57 Å². The number of nitrogens with zero attached hydrogens (tertiary/aromatic N) is 1. The number of rotatable bonds is 4. The lowest BCUT2D eigenvalue weighted by molar-refractivity contribution is -0.143. The van der Waals surface area contributed by atoms with E-state index in [1.54, 1.807) is 0 Å².